The van der Waals surface area contributed by atoms with E-state index in [9.17, 15) is 13.2 Å². The fourth-order valence-electron chi connectivity index (χ4n) is 2.02. The third-order valence-electron chi connectivity index (χ3n) is 3.50. The molecule has 0 atom stereocenters. The lowest BCUT2D eigenvalue weighted by Gasteiger charge is -2.12. The molecule has 0 fully saturated rings. The van der Waals surface area contributed by atoms with Crippen molar-refractivity contribution in [1.82, 2.24) is 9.62 Å². The summed E-state index contributed by atoms with van der Waals surface area (Å²) in [7, 11) is 1.09. The smallest absolute Gasteiger partial charge is 0.319 e. The molecule has 0 aliphatic rings. The van der Waals surface area contributed by atoms with Crippen LogP contribution in [0, 0.1) is 0 Å². The minimum absolute atomic E-state index is 0.212. The summed E-state index contributed by atoms with van der Waals surface area (Å²) in [6.45, 7) is 0.282. The molecule has 2 N–H and O–H groups in total. The molecule has 0 unspecified atom stereocenters. The van der Waals surface area contributed by atoms with Gasteiger partial charge in [0.2, 0.25) is 10.0 Å². The number of nitrogens with zero attached hydrogens (tertiary/aromatic N) is 1. The van der Waals surface area contributed by atoms with E-state index in [1.165, 1.54) is 26.2 Å². The normalized spacial score (nSPS) is 11.2. The van der Waals surface area contributed by atoms with Crippen molar-refractivity contribution in [1.29, 1.82) is 0 Å². The van der Waals surface area contributed by atoms with Crippen molar-refractivity contribution in [3.8, 4) is 5.75 Å². The van der Waals surface area contributed by atoms with E-state index >= 15 is 0 Å². The Morgan fingerprint density at radius 3 is 2.16 bits per heavy atom. The number of nitrogens with one attached hydrogen (secondary N) is 2. The molecule has 2 aromatic rings. The van der Waals surface area contributed by atoms with Crippen LogP contribution in [0.5, 0.6) is 5.75 Å². The number of hydrogen-bond acceptors (Lipinski definition) is 4. The summed E-state index contributed by atoms with van der Waals surface area (Å²) in [5.41, 5.74) is 1.44. The number of urea groups is 1. The quantitative estimate of drug-likeness (QED) is 0.824. The Bertz CT molecular complexity index is 816. The minimum Gasteiger partial charge on any atom is -0.497 e. The van der Waals surface area contributed by atoms with E-state index in [-0.39, 0.29) is 17.5 Å². The molecule has 0 aromatic heterocycles. The van der Waals surface area contributed by atoms with Gasteiger partial charge in [0.05, 0.1) is 12.0 Å². The van der Waals surface area contributed by atoms with Crippen molar-refractivity contribution in [2.75, 3.05) is 26.5 Å². The molecule has 25 heavy (non-hydrogen) atoms. The molecular weight excluding hydrogens is 342 g/mol. The lowest BCUT2D eigenvalue weighted by Crippen LogP contribution is -2.28. The van der Waals surface area contributed by atoms with Crippen molar-refractivity contribution in [3.05, 3.63) is 54.1 Å². The summed E-state index contributed by atoms with van der Waals surface area (Å²) >= 11 is 0. The molecule has 8 heteroatoms. The third kappa shape index (κ3) is 4.94. The predicted octanol–water partition coefficient (Wildman–Crippen LogP) is 2.27. The Morgan fingerprint density at radius 1 is 1.04 bits per heavy atom. The molecule has 7 nitrogen and oxygen atoms in total. The van der Waals surface area contributed by atoms with Crippen molar-refractivity contribution >= 4 is 21.7 Å². The zero-order valence-electron chi connectivity index (χ0n) is 14.3. The summed E-state index contributed by atoms with van der Waals surface area (Å²) in [6.07, 6.45) is 0. The maximum Gasteiger partial charge on any atom is 0.319 e. The highest BCUT2D eigenvalue weighted by molar-refractivity contribution is 7.89. The number of carbonyl (C=O) groups excluding carboxylic acids is 1. The summed E-state index contributed by atoms with van der Waals surface area (Å²) in [5, 5.41) is 5.42. The Balaban J connectivity index is 1.91. The summed E-state index contributed by atoms with van der Waals surface area (Å²) < 4.78 is 30.2. The number of anilines is 1. The van der Waals surface area contributed by atoms with Crippen LogP contribution in [0.2, 0.25) is 0 Å². The van der Waals surface area contributed by atoms with E-state index in [0.29, 0.717) is 11.4 Å². The van der Waals surface area contributed by atoms with E-state index in [2.05, 4.69) is 10.6 Å². The van der Waals surface area contributed by atoms with Crippen LogP contribution in [0.25, 0.3) is 0 Å². The van der Waals surface area contributed by atoms with Crippen molar-refractivity contribution in [3.63, 3.8) is 0 Å². The summed E-state index contributed by atoms with van der Waals surface area (Å²) in [4.78, 5) is 12.1. The maximum absolute atomic E-state index is 12.0. The van der Waals surface area contributed by atoms with Gasteiger partial charge in [-0.1, -0.05) is 12.1 Å². The molecule has 0 saturated carbocycles. The average molecular weight is 363 g/mol. The molecule has 134 valence electrons. The monoisotopic (exact) mass is 363 g/mol. The molecule has 0 heterocycles. The lowest BCUT2D eigenvalue weighted by atomic mass is 10.2. The Hall–Kier alpha value is -2.58. The van der Waals surface area contributed by atoms with Crippen LogP contribution in [-0.4, -0.2) is 40.0 Å². The largest absolute Gasteiger partial charge is 0.497 e. The average Bonchev–Trinajstić information content (AvgIpc) is 2.61. The van der Waals surface area contributed by atoms with Crippen molar-refractivity contribution in [2.45, 2.75) is 11.4 Å². The van der Waals surface area contributed by atoms with Gasteiger partial charge in [-0.2, -0.15) is 0 Å². The van der Waals surface area contributed by atoms with Gasteiger partial charge in [0, 0.05) is 26.3 Å². The SMILES string of the molecule is COc1ccc(NC(=O)NCc2ccc(S(=O)(=O)N(C)C)cc2)cc1. The van der Waals surface area contributed by atoms with E-state index in [0.717, 1.165) is 9.87 Å². The zero-order valence-corrected chi connectivity index (χ0v) is 15.1. The van der Waals surface area contributed by atoms with Gasteiger partial charge in [-0.05, 0) is 42.0 Å². The maximum atomic E-state index is 12.0. The zero-order chi connectivity index (χ0) is 18.4. The van der Waals surface area contributed by atoms with Crippen LogP contribution in [0.4, 0.5) is 10.5 Å². The van der Waals surface area contributed by atoms with Crippen LogP contribution in [0.15, 0.2) is 53.4 Å². The number of rotatable bonds is 6. The van der Waals surface area contributed by atoms with Gasteiger partial charge in [0.1, 0.15) is 5.75 Å². The first kappa shape index (κ1) is 18.8. The Morgan fingerprint density at radius 2 is 1.64 bits per heavy atom. The van der Waals surface area contributed by atoms with Gasteiger partial charge < -0.3 is 15.4 Å². The molecule has 2 amide bonds. The fourth-order valence-corrected chi connectivity index (χ4v) is 2.92. The van der Waals surface area contributed by atoms with Gasteiger partial charge >= 0.3 is 6.03 Å². The van der Waals surface area contributed by atoms with Crippen molar-refractivity contribution < 1.29 is 17.9 Å². The molecule has 0 bridgehead atoms. The van der Waals surface area contributed by atoms with Crippen LogP contribution in [-0.2, 0) is 16.6 Å². The number of hydrogen-bond donors (Lipinski definition) is 2. The second kappa shape index (κ2) is 8.00. The first-order valence-corrected chi connectivity index (χ1v) is 8.97. The molecule has 2 aromatic carbocycles. The molecule has 0 spiro atoms. The molecule has 0 aliphatic carbocycles. The number of sulfonamides is 1. The van der Waals surface area contributed by atoms with Crippen LogP contribution in [0.3, 0.4) is 0 Å². The molecule has 2 rings (SSSR count). The first-order valence-electron chi connectivity index (χ1n) is 7.53. The van der Waals surface area contributed by atoms with Crippen molar-refractivity contribution in [2.24, 2.45) is 0 Å². The lowest BCUT2D eigenvalue weighted by molar-refractivity contribution is 0.251. The topological polar surface area (TPSA) is 87.7 Å². The van der Waals surface area contributed by atoms with E-state index < -0.39 is 10.0 Å². The molecule has 0 radical (unpaired) electrons. The highest BCUT2D eigenvalue weighted by Gasteiger charge is 2.16. The standard InChI is InChI=1S/C17H21N3O4S/c1-20(2)25(22,23)16-10-4-13(5-11-16)12-18-17(21)19-14-6-8-15(24-3)9-7-14/h4-11H,12H2,1-3H3,(H2,18,19,21). The summed E-state index contributed by atoms with van der Waals surface area (Å²) in [5.74, 6) is 0.707. The highest BCUT2D eigenvalue weighted by atomic mass is 32.2. The summed E-state index contributed by atoms with van der Waals surface area (Å²) in [6, 6.07) is 13.0. The minimum atomic E-state index is -3.45. The van der Waals surface area contributed by atoms with E-state index in [4.69, 9.17) is 4.74 Å². The van der Waals surface area contributed by atoms with Gasteiger partial charge in [0.15, 0.2) is 0 Å². The van der Waals surface area contributed by atoms with Crippen LogP contribution in [0.1, 0.15) is 5.56 Å². The third-order valence-corrected chi connectivity index (χ3v) is 5.33. The fraction of sp³-hybridized carbons (Fsp3) is 0.235. The number of ether oxygens (including phenoxy) is 1. The van der Waals surface area contributed by atoms with Gasteiger partial charge in [-0.25, -0.2) is 17.5 Å². The van der Waals surface area contributed by atoms with Gasteiger partial charge in [-0.15, -0.1) is 0 Å². The number of carbonyl (C=O) groups is 1. The molecule has 0 saturated heterocycles. The van der Waals surface area contributed by atoms with Gasteiger partial charge in [-0.3, -0.25) is 0 Å². The predicted molar refractivity (Wildman–Crippen MR) is 96.2 cm³/mol. The van der Waals surface area contributed by atoms with Gasteiger partial charge in [0.25, 0.3) is 0 Å². The number of amides is 2. The second-order valence-electron chi connectivity index (χ2n) is 5.47. The molecule has 0 aliphatic heterocycles. The van der Waals surface area contributed by atoms with Crippen LogP contribution >= 0.6 is 0 Å². The highest BCUT2D eigenvalue weighted by Crippen LogP contribution is 2.15. The Labute approximate surface area is 147 Å². The number of benzene rings is 2. The molecular formula is C17H21N3O4S. The second-order valence-corrected chi connectivity index (χ2v) is 7.62. The number of methoxy groups -OCH3 is 1. The van der Waals surface area contributed by atoms with E-state index in [1.807, 2.05) is 0 Å². The Kier molecular flexibility index (Phi) is 6.00. The van der Waals surface area contributed by atoms with E-state index in [1.54, 1.807) is 43.5 Å². The van der Waals surface area contributed by atoms with Crippen LogP contribution < -0.4 is 15.4 Å². The first-order chi connectivity index (χ1) is 11.8.